The van der Waals surface area contributed by atoms with E-state index in [9.17, 15) is 0 Å². The minimum absolute atomic E-state index is 0.687. The maximum Gasteiger partial charge on any atom is 0.0700 e. The quantitative estimate of drug-likeness (QED) is 0.602. The summed E-state index contributed by atoms with van der Waals surface area (Å²) in [5.41, 5.74) is 0. The fraction of sp³-hybridized carbons (Fsp3) is 1.00. The van der Waals surface area contributed by atoms with Gasteiger partial charge in [-0.2, -0.15) is 0 Å². The van der Waals surface area contributed by atoms with Gasteiger partial charge in [-0.25, -0.2) is 0 Å². The zero-order valence-electron chi connectivity index (χ0n) is 10.4. The summed E-state index contributed by atoms with van der Waals surface area (Å²) in [6.45, 7) is 6.19. The van der Waals surface area contributed by atoms with Gasteiger partial charge in [-0.1, -0.05) is 0 Å². The van der Waals surface area contributed by atoms with E-state index >= 15 is 0 Å². The summed E-state index contributed by atoms with van der Waals surface area (Å²) in [7, 11) is 1.69. The number of ether oxygens (including phenoxy) is 3. The molecule has 1 aliphatic heterocycles. The van der Waals surface area contributed by atoms with Gasteiger partial charge in [0.05, 0.1) is 19.8 Å². The predicted octanol–water partition coefficient (Wildman–Crippen LogP) is 1.06. The van der Waals surface area contributed by atoms with Gasteiger partial charge in [0.15, 0.2) is 0 Å². The van der Waals surface area contributed by atoms with Crippen molar-refractivity contribution in [3.8, 4) is 0 Å². The van der Waals surface area contributed by atoms with Crippen molar-refractivity contribution in [1.29, 1.82) is 0 Å². The van der Waals surface area contributed by atoms with Crippen molar-refractivity contribution in [2.24, 2.45) is 5.92 Å². The molecule has 1 aliphatic rings. The lowest BCUT2D eigenvalue weighted by Gasteiger charge is -2.22. The third-order valence-electron chi connectivity index (χ3n) is 2.76. The van der Waals surface area contributed by atoms with Gasteiger partial charge in [0, 0.05) is 26.9 Å². The van der Waals surface area contributed by atoms with Crippen LogP contribution in [-0.4, -0.2) is 53.2 Å². The smallest absolute Gasteiger partial charge is 0.0700 e. The number of nitrogens with one attached hydrogen (secondary N) is 1. The van der Waals surface area contributed by atoms with Crippen molar-refractivity contribution in [2.75, 3.05) is 53.2 Å². The fourth-order valence-corrected chi connectivity index (χ4v) is 1.82. The Bertz CT molecular complexity index is 149. The summed E-state index contributed by atoms with van der Waals surface area (Å²) in [5, 5.41) is 3.45. The Labute approximate surface area is 98.6 Å². The van der Waals surface area contributed by atoms with E-state index in [1.54, 1.807) is 7.11 Å². The number of hydrogen-bond donors (Lipinski definition) is 1. The molecule has 1 fully saturated rings. The lowest BCUT2D eigenvalue weighted by Crippen LogP contribution is -2.30. The van der Waals surface area contributed by atoms with Crippen LogP contribution in [0.4, 0.5) is 0 Å². The predicted molar refractivity (Wildman–Crippen MR) is 63.7 cm³/mol. The lowest BCUT2D eigenvalue weighted by molar-refractivity contribution is 0.0536. The van der Waals surface area contributed by atoms with Crippen LogP contribution in [-0.2, 0) is 14.2 Å². The van der Waals surface area contributed by atoms with Gasteiger partial charge in [-0.3, -0.25) is 0 Å². The van der Waals surface area contributed by atoms with Gasteiger partial charge in [0.25, 0.3) is 0 Å². The van der Waals surface area contributed by atoms with Gasteiger partial charge < -0.3 is 19.5 Å². The highest BCUT2D eigenvalue weighted by atomic mass is 16.5. The van der Waals surface area contributed by atoms with Crippen molar-refractivity contribution in [3.05, 3.63) is 0 Å². The number of rotatable bonds is 9. The first kappa shape index (κ1) is 13.9. The molecule has 1 rings (SSSR count). The molecular weight excluding hydrogens is 206 g/mol. The third-order valence-corrected chi connectivity index (χ3v) is 2.76. The van der Waals surface area contributed by atoms with Crippen molar-refractivity contribution in [2.45, 2.75) is 19.3 Å². The summed E-state index contributed by atoms with van der Waals surface area (Å²) < 4.78 is 15.7. The first-order valence-corrected chi connectivity index (χ1v) is 6.28. The lowest BCUT2D eigenvalue weighted by atomic mass is 10.0. The minimum atomic E-state index is 0.687. The Kier molecular flexibility index (Phi) is 8.71. The van der Waals surface area contributed by atoms with Crippen LogP contribution >= 0.6 is 0 Å². The molecule has 1 atom stereocenters. The molecule has 1 heterocycles. The fourth-order valence-electron chi connectivity index (χ4n) is 1.82. The number of hydrogen-bond acceptors (Lipinski definition) is 4. The maximum absolute atomic E-state index is 5.43. The molecule has 0 aliphatic carbocycles. The van der Waals surface area contributed by atoms with Crippen LogP contribution < -0.4 is 5.32 Å². The highest BCUT2D eigenvalue weighted by Gasteiger charge is 2.12. The van der Waals surface area contributed by atoms with Crippen molar-refractivity contribution < 1.29 is 14.2 Å². The van der Waals surface area contributed by atoms with E-state index in [0.717, 1.165) is 39.3 Å². The van der Waals surface area contributed by atoms with Crippen LogP contribution in [0.25, 0.3) is 0 Å². The van der Waals surface area contributed by atoms with E-state index in [0.29, 0.717) is 19.1 Å². The molecule has 1 N–H and O–H groups in total. The van der Waals surface area contributed by atoms with Crippen molar-refractivity contribution >= 4 is 0 Å². The molecule has 0 saturated carbocycles. The second kappa shape index (κ2) is 10.0. The molecule has 0 aromatic heterocycles. The molecule has 4 nitrogen and oxygen atoms in total. The summed E-state index contributed by atoms with van der Waals surface area (Å²) in [6, 6.07) is 0. The van der Waals surface area contributed by atoms with Gasteiger partial charge in [-0.15, -0.1) is 0 Å². The Balaban J connectivity index is 1.77. The first-order chi connectivity index (χ1) is 7.93. The molecular formula is C12H25NO3. The Morgan fingerprint density at radius 2 is 2.25 bits per heavy atom. The molecule has 0 bridgehead atoms. The zero-order valence-corrected chi connectivity index (χ0v) is 10.4. The molecule has 4 heteroatoms. The van der Waals surface area contributed by atoms with Crippen molar-refractivity contribution in [1.82, 2.24) is 5.32 Å². The van der Waals surface area contributed by atoms with E-state index in [-0.39, 0.29) is 0 Å². The zero-order chi connectivity index (χ0) is 11.5. The first-order valence-electron chi connectivity index (χ1n) is 6.28. The van der Waals surface area contributed by atoms with E-state index in [1.165, 1.54) is 12.8 Å². The molecule has 1 unspecified atom stereocenters. The minimum Gasteiger partial charge on any atom is -0.382 e. The van der Waals surface area contributed by atoms with Crippen LogP contribution in [0.2, 0.25) is 0 Å². The van der Waals surface area contributed by atoms with Crippen LogP contribution in [0.5, 0.6) is 0 Å². The topological polar surface area (TPSA) is 39.7 Å². The molecule has 0 aromatic rings. The van der Waals surface area contributed by atoms with Gasteiger partial charge >= 0.3 is 0 Å². The number of methoxy groups -OCH3 is 1. The Hall–Kier alpha value is -0.160. The molecule has 0 radical (unpaired) electrons. The van der Waals surface area contributed by atoms with E-state index in [2.05, 4.69) is 5.32 Å². The average Bonchev–Trinajstić information content (AvgIpc) is 2.34. The second-order valence-corrected chi connectivity index (χ2v) is 4.25. The Morgan fingerprint density at radius 3 is 3.00 bits per heavy atom. The summed E-state index contributed by atoms with van der Waals surface area (Å²) in [6.07, 6.45) is 3.58. The highest BCUT2D eigenvalue weighted by Crippen LogP contribution is 2.11. The van der Waals surface area contributed by atoms with Gasteiger partial charge in [-0.05, 0) is 31.7 Å². The van der Waals surface area contributed by atoms with Crippen LogP contribution in [0.3, 0.4) is 0 Å². The molecule has 0 amide bonds. The molecule has 96 valence electrons. The van der Waals surface area contributed by atoms with Crippen LogP contribution in [0.1, 0.15) is 19.3 Å². The highest BCUT2D eigenvalue weighted by molar-refractivity contribution is 4.65. The van der Waals surface area contributed by atoms with Gasteiger partial charge in [0.1, 0.15) is 0 Å². The largest absolute Gasteiger partial charge is 0.382 e. The van der Waals surface area contributed by atoms with E-state index in [1.807, 2.05) is 0 Å². The molecule has 0 aromatic carbocycles. The summed E-state index contributed by atoms with van der Waals surface area (Å²) in [4.78, 5) is 0. The summed E-state index contributed by atoms with van der Waals surface area (Å²) in [5.74, 6) is 0.711. The average molecular weight is 231 g/mol. The normalized spacial score (nSPS) is 21.2. The maximum atomic E-state index is 5.43. The molecule has 16 heavy (non-hydrogen) atoms. The monoisotopic (exact) mass is 231 g/mol. The Morgan fingerprint density at radius 1 is 1.31 bits per heavy atom. The third kappa shape index (κ3) is 7.17. The molecule has 0 spiro atoms. The molecule has 1 saturated heterocycles. The van der Waals surface area contributed by atoms with E-state index in [4.69, 9.17) is 14.2 Å². The van der Waals surface area contributed by atoms with Crippen LogP contribution in [0, 0.1) is 5.92 Å². The summed E-state index contributed by atoms with van der Waals surface area (Å²) >= 11 is 0. The van der Waals surface area contributed by atoms with Crippen molar-refractivity contribution in [3.63, 3.8) is 0 Å². The second-order valence-electron chi connectivity index (χ2n) is 4.25. The standard InChI is InChI=1S/C12H25NO3/c1-14-8-9-15-7-3-5-13-10-12-4-2-6-16-11-12/h12-13H,2-11H2,1H3. The van der Waals surface area contributed by atoms with E-state index < -0.39 is 0 Å². The van der Waals surface area contributed by atoms with Crippen LogP contribution in [0.15, 0.2) is 0 Å². The SMILES string of the molecule is COCCOCCCNCC1CCCOC1. The van der Waals surface area contributed by atoms with Gasteiger partial charge in [0.2, 0.25) is 0 Å².